The van der Waals surface area contributed by atoms with Gasteiger partial charge in [0.2, 0.25) is 0 Å². The van der Waals surface area contributed by atoms with E-state index in [9.17, 15) is 13.2 Å². The van der Waals surface area contributed by atoms with Gasteiger partial charge in [-0.05, 0) is 39.2 Å². The second kappa shape index (κ2) is 5.76. The van der Waals surface area contributed by atoms with Crippen LogP contribution in [0.1, 0.15) is 42.3 Å². The molecule has 2 atom stereocenters. The Bertz CT molecular complexity index is 500. The van der Waals surface area contributed by atoms with Crippen molar-refractivity contribution >= 4 is 16.5 Å². The molecule has 0 bridgehead atoms. The zero-order valence-corrected chi connectivity index (χ0v) is 12.9. The number of fused-ring (bicyclic) bond motifs is 1. The molecule has 1 aliphatic carbocycles. The van der Waals surface area contributed by atoms with Gasteiger partial charge < -0.3 is 10.2 Å². The third kappa shape index (κ3) is 3.04. The first-order valence-corrected chi connectivity index (χ1v) is 8.29. The maximum Gasteiger partial charge on any atom is 0.393 e. The van der Waals surface area contributed by atoms with Crippen molar-refractivity contribution in [3.63, 3.8) is 0 Å². The predicted octanol–water partition coefficient (Wildman–Crippen LogP) is 3.52. The lowest BCUT2D eigenvalue weighted by molar-refractivity contribution is -0.175. The molecule has 0 aromatic carbocycles. The highest BCUT2D eigenvalue weighted by molar-refractivity contribution is 7.15. The maximum absolute atomic E-state index is 12.9. The molecule has 0 saturated carbocycles. The Kier molecular flexibility index (Phi) is 4.14. The Morgan fingerprint density at radius 2 is 2.10 bits per heavy atom. The lowest BCUT2D eigenvalue weighted by Crippen LogP contribution is -2.41. The summed E-state index contributed by atoms with van der Waals surface area (Å²) >= 11 is 1.58. The zero-order valence-electron chi connectivity index (χ0n) is 12.0. The summed E-state index contributed by atoms with van der Waals surface area (Å²) in [6.45, 7) is 0.739. The highest BCUT2D eigenvalue weighted by atomic mass is 32.1. The first kappa shape index (κ1) is 15.1. The van der Waals surface area contributed by atoms with Gasteiger partial charge in [0.25, 0.3) is 0 Å². The molecule has 2 heterocycles. The predicted molar refractivity (Wildman–Crippen MR) is 77.8 cm³/mol. The van der Waals surface area contributed by atoms with Gasteiger partial charge in [-0.15, -0.1) is 11.3 Å². The molecule has 2 unspecified atom stereocenters. The number of rotatable bonds is 2. The number of thiazole rings is 1. The van der Waals surface area contributed by atoms with Crippen molar-refractivity contribution in [1.29, 1.82) is 0 Å². The molecule has 1 N–H and O–H groups in total. The van der Waals surface area contributed by atoms with Gasteiger partial charge in [-0.3, -0.25) is 0 Å². The van der Waals surface area contributed by atoms with Crippen LogP contribution in [-0.4, -0.2) is 31.3 Å². The Balaban J connectivity index is 1.79. The number of alkyl halides is 3. The van der Waals surface area contributed by atoms with E-state index >= 15 is 0 Å². The average molecular weight is 319 g/mol. The van der Waals surface area contributed by atoms with Crippen LogP contribution in [0.3, 0.4) is 0 Å². The number of nitrogens with zero attached hydrogens (tertiary/aromatic N) is 2. The van der Waals surface area contributed by atoms with Crippen molar-refractivity contribution in [2.45, 2.75) is 44.3 Å². The topological polar surface area (TPSA) is 28.2 Å². The number of halogens is 3. The molecule has 3 rings (SSSR count). The summed E-state index contributed by atoms with van der Waals surface area (Å²) < 4.78 is 38.8. The fourth-order valence-corrected chi connectivity index (χ4v) is 4.44. The van der Waals surface area contributed by atoms with E-state index in [1.54, 1.807) is 11.3 Å². The fraction of sp³-hybridized carbons (Fsp3) is 0.786. The molecule has 0 amide bonds. The summed E-state index contributed by atoms with van der Waals surface area (Å²) in [7, 11) is 1.92. The van der Waals surface area contributed by atoms with Gasteiger partial charge in [-0.25, -0.2) is 4.98 Å². The quantitative estimate of drug-likeness (QED) is 0.904. The Morgan fingerprint density at radius 1 is 1.29 bits per heavy atom. The third-order valence-corrected chi connectivity index (χ3v) is 5.64. The van der Waals surface area contributed by atoms with Gasteiger partial charge in [0.1, 0.15) is 0 Å². The van der Waals surface area contributed by atoms with Crippen LogP contribution in [0, 0.1) is 5.92 Å². The van der Waals surface area contributed by atoms with Gasteiger partial charge in [-0.2, -0.15) is 13.2 Å². The summed E-state index contributed by atoms with van der Waals surface area (Å²) in [5.74, 6) is -1.22. The van der Waals surface area contributed by atoms with E-state index in [0.29, 0.717) is 13.0 Å². The standard InChI is InChI=1S/C14H20F3N3S/c1-18-10-5-2-6-11-12(10)19-13(21-11)20-7-3-4-9(8-20)14(15,16)17/h9-10,18H,2-8H2,1H3. The highest BCUT2D eigenvalue weighted by Crippen LogP contribution is 2.39. The molecule has 3 nitrogen and oxygen atoms in total. The second-order valence-electron chi connectivity index (χ2n) is 5.87. The largest absolute Gasteiger partial charge is 0.393 e. The SMILES string of the molecule is CNC1CCCc2sc(N3CCCC(C(F)(F)F)C3)nc21. The Hall–Kier alpha value is -0.820. The minimum Gasteiger partial charge on any atom is -0.347 e. The first-order chi connectivity index (χ1) is 9.99. The van der Waals surface area contributed by atoms with Crippen molar-refractivity contribution in [2.75, 3.05) is 25.0 Å². The summed E-state index contributed by atoms with van der Waals surface area (Å²) in [6, 6.07) is 0.252. The van der Waals surface area contributed by atoms with E-state index in [-0.39, 0.29) is 19.0 Å². The molecular weight excluding hydrogens is 299 g/mol. The van der Waals surface area contributed by atoms with Crippen LogP contribution in [0.15, 0.2) is 0 Å². The van der Waals surface area contributed by atoms with Crippen LogP contribution in [0.25, 0.3) is 0 Å². The summed E-state index contributed by atoms with van der Waals surface area (Å²) in [4.78, 5) is 7.73. The second-order valence-corrected chi connectivity index (χ2v) is 6.93. The number of hydrogen-bond donors (Lipinski definition) is 1. The van der Waals surface area contributed by atoms with Crippen molar-refractivity contribution < 1.29 is 13.2 Å². The molecule has 1 aromatic heterocycles. The van der Waals surface area contributed by atoms with Gasteiger partial charge in [0.15, 0.2) is 5.13 Å². The van der Waals surface area contributed by atoms with Crippen LogP contribution in [0.4, 0.5) is 18.3 Å². The molecule has 118 valence electrons. The number of piperidine rings is 1. The molecule has 0 radical (unpaired) electrons. The lowest BCUT2D eigenvalue weighted by Gasteiger charge is -2.33. The van der Waals surface area contributed by atoms with E-state index in [1.807, 2.05) is 11.9 Å². The molecule has 1 aliphatic heterocycles. The molecule has 21 heavy (non-hydrogen) atoms. The van der Waals surface area contributed by atoms with Gasteiger partial charge >= 0.3 is 6.18 Å². The molecule has 1 fully saturated rings. The minimum atomic E-state index is -4.09. The van der Waals surface area contributed by atoms with E-state index < -0.39 is 12.1 Å². The van der Waals surface area contributed by atoms with Crippen molar-refractivity contribution in [2.24, 2.45) is 5.92 Å². The van der Waals surface area contributed by atoms with Gasteiger partial charge in [0, 0.05) is 18.0 Å². The van der Waals surface area contributed by atoms with Crippen molar-refractivity contribution in [3.8, 4) is 0 Å². The van der Waals surface area contributed by atoms with Gasteiger partial charge in [0.05, 0.1) is 17.7 Å². The normalized spacial score (nSPS) is 26.8. The van der Waals surface area contributed by atoms with E-state index in [0.717, 1.165) is 30.1 Å². The smallest absolute Gasteiger partial charge is 0.347 e. The molecule has 1 aromatic rings. The van der Waals surface area contributed by atoms with Crippen molar-refractivity contribution in [1.82, 2.24) is 10.3 Å². The Labute approximate surface area is 126 Å². The van der Waals surface area contributed by atoms with Crippen LogP contribution in [0.2, 0.25) is 0 Å². The average Bonchev–Trinajstić information content (AvgIpc) is 2.90. The molecule has 7 heteroatoms. The lowest BCUT2D eigenvalue weighted by atomic mass is 9.97. The monoisotopic (exact) mass is 319 g/mol. The summed E-state index contributed by atoms with van der Waals surface area (Å²) in [5, 5.41) is 4.03. The fourth-order valence-electron chi connectivity index (χ4n) is 3.24. The number of nitrogens with one attached hydrogen (secondary N) is 1. The number of aromatic nitrogens is 1. The molecule has 0 spiro atoms. The number of hydrogen-bond acceptors (Lipinski definition) is 4. The van der Waals surface area contributed by atoms with Crippen molar-refractivity contribution in [3.05, 3.63) is 10.6 Å². The summed E-state index contributed by atoms with van der Waals surface area (Å²) in [6.07, 6.45) is -0.0952. The zero-order chi connectivity index (χ0) is 15.0. The molecular formula is C14H20F3N3S. The Morgan fingerprint density at radius 3 is 2.81 bits per heavy atom. The minimum absolute atomic E-state index is 0.0557. The molecule has 1 saturated heterocycles. The van der Waals surface area contributed by atoms with Crippen LogP contribution in [0.5, 0.6) is 0 Å². The van der Waals surface area contributed by atoms with Crippen LogP contribution >= 0.6 is 11.3 Å². The van der Waals surface area contributed by atoms with Crippen LogP contribution in [-0.2, 0) is 6.42 Å². The number of anilines is 1. The van der Waals surface area contributed by atoms with Crippen LogP contribution < -0.4 is 10.2 Å². The van der Waals surface area contributed by atoms with Gasteiger partial charge in [-0.1, -0.05) is 0 Å². The van der Waals surface area contributed by atoms with E-state index in [2.05, 4.69) is 10.3 Å². The molecule has 2 aliphatic rings. The number of aryl methyl sites for hydroxylation is 1. The van der Waals surface area contributed by atoms with E-state index in [4.69, 9.17) is 0 Å². The summed E-state index contributed by atoms with van der Waals surface area (Å²) in [5.41, 5.74) is 1.05. The first-order valence-electron chi connectivity index (χ1n) is 7.47. The maximum atomic E-state index is 12.9. The third-order valence-electron chi connectivity index (χ3n) is 4.45. The highest BCUT2D eigenvalue weighted by Gasteiger charge is 2.42. The van der Waals surface area contributed by atoms with E-state index in [1.165, 1.54) is 4.88 Å².